The molecule has 0 aliphatic carbocycles. The van der Waals surface area contributed by atoms with Crippen molar-refractivity contribution in [3.05, 3.63) is 52.6 Å². The molecular weight excluding hydrogens is 318 g/mol. The van der Waals surface area contributed by atoms with E-state index >= 15 is 0 Å². The summed E-state index contributed by atoms with van der Waals surface area (Å²) in [6, 6.07) is 8.91. The fourth-order valence-electron chi connectivity index (χ4n) is 2.60. The fourth-order valence-corrected chi connectivity index (χ4v) is 2.60. The molecule has 0 spiro atoms. The van der Waals surface area contributed by atoms with Crippen molar-refractivity contribution in [2.24, 2.45) is 5.10 Å². The number of hydrogen-bond donors (Lipinski definition) is 3. The van der Waals surface area contributed by atoms with Gasteiger partial charge in [0.15, 0.2) is 0 Å². The van der Waals surface area contributed by atoms with Crippen molar-refractivity contribution in [1.82, 2.24) is 5.43 Å². The van der Waals surface area contributed by atoms with Crippen molar-refractivity contribution in [2.45, 2.75) is 20.8 Å². The number of nitrogens with zero attached hydrogens (tertiary/aromatic N) is 1. The van der Waals surface area contributed by atoms with Gasteiger partial charge in [0.2, 0.25) is 0 Å². The Labute approximate surface area is 147 Å². The summed E-state index contributed by atoms with van der Waals surface area (Å²) in [5.74, 6) is 0.374. The third-order valence-corrected chi connectivity index (χ3v) is 3.73. The van der Waals surface area contributed by atoms with Crippen LogP contribution >= 0.6 is 0 Å². The van der Waals surface area contributed by atoms with E-state index in [0.717, 1.165) is 16.8 Å². The zero-order chi connectivity index (χ0) is 18.4. The number of methoxy groups -OCH3 is 1. The molecule has 0 unspecified atom stereocenters. The molecule has 25 heavy (non-hydrogen) atoms. The van der Waals surface area contributed by atoms with Crippen LogP contribution in [0.2, 0.25) is 0 Å². The number of phenols is 1. The minimum Gasteiger partial charge on any atom is -0.507 e. The van der Waals surface area contributed by atoms with Gasteiger partial charge in [-0.05, 0) is 50.1 Å². The van der Waals surface area contributed by atoms with Crippen molar-refractivity contribution in [1.29, 1.82) is 0 Å². The highest BCUT2D eigenvalue weighted by Crippen LogP contribution is 2.22. The van der Waals surface area contributed by atoms with E-state index in [9.17, 15) is 9.90 Å². The summed E-state index contributed by atoms with van der Waals surface area (Å²) in [4.78, 5) is 11.9. The van der Waals surface area contributed by atoms with E-state index in [0.29, 0.717) is 11.3 Å². The highest BCUT2D eigenvalue weighted by atomic mass is 16.5. The van der Waals surface area contributed by atoms with Crippen LogP contribution in [0, 0.1) is 20.8 Å². The van der Waals surface area contributed by atoms with Crippen LogP contribution in [0.3, 0.4) is 0 Å². The normalized spacial score (nSPS) is 10.7. The van der Waals surface area contributed by atoms with E-state index < -0.39 is 0 Å². The van der Waals surface area contributed by atoms with Crippen LogP contribution in [0.1, 0.15) is 22.3 Å². The molecule has 0 atom stereocenters. The molecule has 0 aliphatic rings. The van der Waals surface area contributed by atoms with Crippen molar-refractivity contribution in [3.8, 4) is 11.5 Å². The Morgan fingerprint density at radius 2 is 1.88 bits per heavy atom. The van der Waals surface area contributed by atoms with E-state index in [1.807, 2.05) is 20.8 Å². The van der Waals surface area contributed by atoms with Crippen LogP contribution in [0.15, 0.2) is 35.4 Å². The number of amides is 1. The third-order valence-electron chi connectivity index (χ3n) is 3.73. The molecule has 0 radical (unpaired) electrons. The van der Waals surface area contributed by atoms with Gasteiger partial charge in [-0.1, -0.05) is 17.7 Å². The first kappa shape index (κ1) is 18.3. The Kier molecular flexibility index (Phi) is 6.00. The van der Waals surface area contributed by atoms with Crippen molar-refractivity contribution < 1.29 is 14.6 Å². The molecule has 0 aromatic heterocycles. The van der Waals surface area contributed by atoms with Crippen LogP contribution in [0.25, 0.3) is 0 Å². The van der Waals surface area contributed by atoms with Crippen LogP contribution in [-0.2, 0) is 4.79 Å². The monoisotopic (exact) mass is 341 g/mol. The molecular formula is C19H23N3O3. The number of carbonyl (C=O) groups excluding carboxylic acids is 1. The SMILES string of the molecule is COc1ccc(O)c(/C=N/NC(=O)CNc2c(C)cc(C)cc2C)c1. The molecule has 0 bridgehead atoms. The number of rotatable bonds is 6. The topological polar surface area (TPSA) is 83.0 Å². The van der Waals surface area contributed by atoms with E-state index in [-0.39, 0.29) is 18.2 Å². The lowest BCUT2D eigenvalue weighted by molar-refractivity contribution is -0.119. The first-order valence-electron chi connectivity index (χ1n) is 7.91. The van der Waals surface area contributed by atoms with E-state index in [4.69, 9.17) is 4.74 Å². The average molecular weight is 341 g/mol. The number of hydrogen-bond acceptors (Lipinski definition) is 5. The number of aromatic hydroxyl groups is 1. The number of anilines is 1. The molecule has 0 saturated heterocycles. The van der Waals surface area contributed by atoms with Gasteiger partial charge in [0.1, 0.15) is 11.5 Å². The predicted octanol–water partition coefficient (Wildman–Crippen LogP) is 2.89. The number of phenolic OH excluding ortho intramolecular Hbond substituents is 1. The Hall–Kier alpha value is -3.02. The average Bonchev–Trinajstić information content (AvgIpc) is 2.55. The summed E-state index contributed by atoms with van der Waals surface area (Å²) in [5, 5.41) is 16.8. The van der Waals surface area contributed by atoms with Gasteiger partial charge in [-0.15, -0.1) is 0 Å². The van der Waals surface area contributed by atoms with Crippen LogP contribution in [-0.4, -0.2) is 30.9 Å². The Morgan fingerprint density at radius 1 is 1.20 bits per heavy atom. The minimum absolute atomic E-state index is 0.0582. The van der Waals surface area contributed by atoms with Gasteiger partial charge >= 0.3 is 0 Å². The molecule has 2 rings (SSSR count). The number of carbonyl (C=O) groups is 1. The molecule has 2 aromatic rings. The smallest absolute Gasteiger partial charge is 0.259 e. The quantitative estimate of drug-likeness (QED) is 0.557. The summed E-state index contributed by atoms with van der Waals surface area (Å²) < 4.78 is 5.09. The maximum atomic E-state index is 11.9. The highest BCUT2D eigenvalue weighted by Gasteiger charge is 2.06. The fraction of sp³-hybridized carbons (Fsp3) is 0.263. The lowest BCUT2D eigenvalue weighted by Crippen LogP contribution is -2.26. The summed E-state index contributed by atoms with van der Waals surface area (Å²) >= 11 is 0. The summed E-state index contributed by atoms with van der Waals surface area (Å²) in [6.07, 6.45) is 1.37. The first-order chi connectivity index (χ1) is 11.9. The van der Waals surface area contributed by atoms with Crippen molar-refractivity contribution >= 4 is 17.8 Å². The zero-order valence-electron chi connectivity index (χ0n) is 14.9. The van der Waals surface area contributed by atoms with Crippen molar-refractivity contribution in [3.63, 3.8) is 0 Å². The van der Waals surface area contributed by atoms with Gasteiger partial charge in [0.05, 0.1) is 19.9 Å². The molecule has 6 nitrogen and oxygen atoms in total. The first-order valence-corrected chi connectivity index (χ1v) is 7.91. The van der Waals surface area contributed by atoms with Crippen LogP contribution in [0.5, 0.6) is 11.5 Å². The second-order valence-corrected chi connectivity index (χ2v) is 5.85. The number of ether oxygens (including phenoxy) is 1. The predicted molar refractivity (Wildman–Crippen MR) is 99.5 cm³/mol. The summed E-state index contributed by atoms with van der Waals surface area (Å²) in [5.41, 5.74) is 7.22. The largest absolute Gasteiger partial charge is 0.507 e. The second kappa shape index (κ2) is 8.19. The molecule has 132 valence electrons. The molecule has 0 saturated carbocycles. The van der Waals surface area contributed by atoms with Crippen LogP contribution < -0.4 is 15.5 Å². The van der Waals surface area contributed by atoms with Gasteiger partial charge in [-0.3, -0.25) is 4.79 Å². The molecule has 0 fully saturated rings. The Bertz CT molecular complexity index is 777. The maximum Gasteiger partial charge on any atom is 0.259 e. The van der Waals surface area contributed by atoms with Gasteiger partial charge in [-0.2, -0.15) is 5.10 Å². The van der Waals surface area contributed by atoms with Gasteiger partial charge in [0, 0.05) is 11.3 Å². The van der Waals surface area contributed by atoms with Gasteiger partial charge in [0.25, 0.3) is 5.91 Å². The molecule has 1 amide bonds. The molecule has 3 N–H and O–H groups in total. The number of nitrogens with one attached hydrogen (secondary N) is 2. The standard InChI is InChI=1S/C19H23N3O3/c1-12-7-13(2)19(14(3)8-12)20-11-18(24)22-21-10-15-9-16(25-4)5-6-17(15)23/h5-10,20,23H,11H2,1-4H3,(H,22,24)/b21-10+. The molecule has 6 heteroatoms. The Morgan fingerprint density at radius 3 is 2.52 bits per heavy atom. The van der Waals surface area contributed by atoms with Crippen molar-refractivity contribution in [2.75, 3.05) is 19.0 Å². The summed E-state index contributed by atoms with van der Waals surface area (Å²) in [6.45, 7) is 6.15. The molecule has 2 aromatic carbocycles. The highest BCUT2D eigenvalue weighted by molar-refractivity contribution is 5.86. The number of aryl methyl sites for hydroxylation is 3. The third kappa shape index (κ3) is 4.97. The number of benzene rings is 2. The number of hydrazone groups is 1. The second-order valence-electron chi connectivity index (χ2n) is 5.85. The van der Waals surface area contributed by atoms with Gasteiger partial charge < -0.3 is 15.2 Å². The molecule has 0 heterocycles. The maximum absolute atomic E-state index is 11.9. The van der Waals surface area contributed by atoms with Gasteiger partial charge in [-0.25, -0.2) is 5.43 Å². The lowest BCUT2D eigenvalue weighted by Gasteiger charge is -2.13. The zero-order valence-corrected chi connectivity index (χ0v) is 14.9. The lowest BCUT2D eigenvalue weighted by atomic mass is 10.1. The Balaban J connectivity index is 1.93. The molecule has 0 aliphatic heterocycles. The van der Waals surface area contributed by atoms with Crippen LogP contribution in [0.4, 0.5) is 5.69 Å². The summed E-state index contributed by atoms with van der Waals surface area (Å²) in [7, 11) is 1.54. The van der Waals surface area contributed by atoms with E-state index in [1.165, 1.54) is 25.0 Å². The van der Waals surface area contributed by atoms with E-state index in [2.05, 4.69) is 28.0 Å². The van der Waals surface area contributed by atoms with E-state index in [1.54, 1.807) is 12.1 Å². The minimum atomic E-state index is -0.280.